The molecule has 7 heteroatoms. The van der Waals surface area contributed by atoms with Crippen molar-refractivity contribution in [2.45, 2.75) is 51.7 Å². The van der Waals surface area contributed by atoms with Crippen molar-refractivity contribution in [1.29, 1.82) is 0 Å². The molecule has 2 aliphatic rings. The maximum atomic E-state index is 13.0. The summed E-state index contributed by atoms with van der Waals surface area (Å²) < 4.78 is 34.8. The molecule has 0 spiro atoms. The van der Waals surface area contributed by atoms with Gasteiger partial charge in [-0.1, -0.05) is 26.7 Å². The van der Waals surface area contributed by atoms with Crippen LogP contribution in [-0.4, -0.2) is 44.4 Å². The number of Topliss-reactive ketones (excluding diaryl/α,β-unsaturated/α-hetero) is 1. The van der Waals surface area contributed by atoms with Crippen LogP contribution in [0.5, 0.6) is 34.5 Å². The molecule has 2 unspecified atom stereocenters. The summed E-state index contributed by atoms with van der Waals surface area (Å²) >= 11 is 0. The monoisotopic (exact) mass is 442 g/mol. The predicted molar refractivity (Wildman–Crippen MR) is 119 cm³/mol. The molecule has 2 aromatic carbocycles. The van der Waals surface area contributed by atoms with Crippen molar-refractivity contribution >= 4 is 5.78 Å². The number of benzene rings is 2. The van der Waals surface area contributed by atoms with Crippen LogP contribution in [-0.2, 0) is 4.79 Å². The Bertz CT molecular complexity index is 853. The molecule has 2 atom stereocenters. The fraction of sp³-hybridized carbons (Fsp3) is 0.480. The number of carbonyl (C=O) groups is 1. The van der Waals surface area contributed by atoms with Crippen molar-refractivity contribution in [3.63, 3.8) is 0 Å². The predicted octanol–water partition coefficient (Wildman–Crippen LogP) is 4.59. The van der Waals surface area contributed by atoms with Crippen LogP contribution in [0.2, 0.25) is 0 Å². The molecule has 0 N–H and O–H groups in total. The summed E-state index contributed by atoms with van der Waals surface area (Å²) in [6.45, 7) is 5.77. The molecule has 0 saturated heterocycles. The Hall–Kier alpha value is -3.09. The number of ketones is 1. The average molecular weight is 443 g/mol. The van der Waals surface area contributed by atoms with Crippen molar-refractivity contribution in [1.82, 2.24) is 0 Å². The van der Waals surface area contributed by atoms with Gasteiger partial charge in [0.25, 0.3) is 0 Å². The lowest BCUT2D eigenvalue weighted by Gasteiger charge is -2.31. The van der Waals surface area contributed by atoms with Gasteiger partial charge in [0.1, 0.15) is 24.7 Å². The van der Waals surface area contributed by atoms with Crippen LogP contribution in [0.4, 0.5) is 0 Å². The summed E-state index contributed by atoms with van der Waals surface area (Å²) in [4.78, 5) is 13.0. The van der Waals surface area contributed by atoms with E-state index in [9.17, 15) is 4.79 Å². The topological polar surface area (TPSA) is 72.5 Å². The van der Waals surface area contributed by atoms with Crippen LogP contribution < -0.4 is 28.4 Å². The highest BCUT2D eigenvalue weighted by Gasteiger charge is 2.37. The van der Waals surface area contributed by atoms with Crippen LogP contribution in [0.3, 0.4) is 0 Å². The normalized spacial score (nSPS) is 18.7. The second-order valence-electron chi connectivity index (χ2n) is 7.86. The molecule has 2 aliphatic heterocycles. The summed E-state index contributed by atoms with van der Waals surface area (Å²) in [5.41, 5.74) is 0. The first kappa shape index (κ1) is 22.1. The van der Waals surface area contributed by atoms with Crippen molar-refractivity contribution in [3.05, 3.63) is 36.4 Å². The highest BCUT2D eigenvalue weighted by Crippen LogP contribution is 2.38. The fourth-order valence-electron chi connectivity index (χ4n) is 3.44. The molecular weight excluding hydrogens is 412 g/mol. The van der Waals surface area contributed by atoms with E-state index in [4.69, 9.17) is 28.4 Å². The number of ether oxygens (including phenoxy) is 6. The maximum absolute atomic E-state index is 13.0. The minimum atomic E-state index is -0.763. The maximum Gasteiger partial charge on any atom is 0.220 e. The third kappa shape index (κ3) is 5.21. The minimum Gasteiger partial charge on any atom is -0.493 e. The molecule has 0 fully saturated rings. The molecule has 0 aromatic heterocycles. The summed E-state index contributed by atoms with van der Waals surface area (Å²) in [7, 11) is 0. The van der Waals surface area contributed by atoms with Crippen molar-refractivity contribution in [2.24, 2.45) is 0 Å². The standard InChI is InChI=1S/C25H30O7/c1-3-5-11-27-17-7-9-19-21(13-17)29-15-23(31-19)25(26)24-16-30-22-14-18(28-12-6-4-2)8-10-20(22)32-24/h7-10,13-14,23-24H,3-6,11-12,15-16H2,1-2H3. The zero-order valence-corrected chi connectivity index (χ0v) is 18.6. The van der Waals surface area contributed by atoms with E-state index in [1.165, 1.54) is 0 Å². The molecule has 0 aliphatic carbocycles. The lowest BCUT2D eigenvalue weighted by Crippen LogP contribution is -2.48. The van der Waals surface area contributed by atoms with Gasteiger partial charge in [-0.3, -0.25) is 4.79 Å². The van der Waals surface area contributed by atoms with Crippen LogP contribution in [0.15, 0.2) is 36.4 Å². The van der Waals surface area contributed by atoms with Crippen molar-refractivity contribution in [3.8, 4) is 34.5 Å². The van der Waals surface area contributed by atoms with Gasteiger partial charge in [0.05, 0.1) is 13.2 Å². The highest BCUT2D eigenvalue weighted by molar-refractivity contribution is 5.89. The fourth-order valence-corrected chi connectivity index (χ4v) is 3.44. The second-order valence-corrected chi connectivity index (χ2v) is 7.86. The largest absolute Gasteiger partial charge is 0.493 e. The first-order valence-corrected chi connectivity index (χ1v) is 11.3. The quantitative estimate of drug-likeness (QED) is 0.498. The van der Waals surface area contributed by atoms with Crippen LogP contribution in [0.25, 0.3) is 0 Å². The summed E-state index contributed by atoms with van der Waals surface area (Å²) in [5.74, 6) is 3.42. The third-order valence-electron chi connectivity index (χ3n) is 5.32. The van der Waals surface area contributed by atoms with E-state index in [0.29, 0.717) is 36.2 Å². The van der Waals surface area contributed by atoms with E-state index in [-0.39, 0.29) is 19.0 Å². The van der Waals surface area contributed by atoms with Gasteiger partial charge in [0.15, 0.2) is 35.2 Å². The number of hydrogen-bond acceptors (Lipinski definition) is 7. The van der Waals surface area contributed by atoms with Gasteiger partial charge >= 0.3 is 0 Å². The zero-order valence-electron chi connectivity index (χ0n) is 18.6. The Balaban J connectivity index is 1.34. The van der Waals surface area contributed by atoms with Gasteiger partial charge in [-0.25, -0.2) is 0 Å². The van der Waals surface area contributed by atoms with E-state index in [1.807, 2.05) is 12.1 Å². The molecular formula is C25H30O7. The summed E-state index contributed by atoms with van der Waals surface area (Å²) in [5, 5.41) is 0. The Morgan fingerprint density at radius 1 is 0.781 bits per heavy atom. The first-order valence-electron chi connectivity index (χ1n) is 11.3. The Labute approximate surface area is 188 Å². The van der Waals surface area contributed by atoms with E-state index in [1.54, 1.807) is 24.3 Å². The van der Waals surface area contributed by atoms with Gasteiger partial charge in [-0.05, 0) is 37.1 Å². The Morgan fingerprint density at radius 3 is 1.69 bits per heavy atom. The van der Waals surface area contributed by atoms with Crippen molar-refractivity contribution in [2.75, 3.05) is 26.4 Å². The molecule has 0 bridgehead atoms. The number of fused-ring (bicyclic) bond motifs is 2. The SMILES string of the molecule is CCCCOc1ccc2c(c1)OCC(C(=O)C1COc3cc(OCCCC)ccc3O1)O2. The lowest BCUT2D eigenvalue weighted by atomic mass is 10.1. The number of unbranched alkanes of at least 4 members (excludes halogenated alkanes) is 2. The van der Waals surface area contributed by atoms with Gasteiger partial charge in [-0.2, -0.15) is 0 Å². The van der Waals surface area contributed by atoms with Gasteiger partial charge in [0, 0.05) is 12.1 Å². The Morgan fingerprint density at radius 2 is 1.25 bits per heavy atom. The molecule has 0 saturated carbocycles. The Kier molecular flexibility index (Phi) is 7.24. The van der Waals surface area contributed by atoms with Gasteiger partial charge < -0.3 is 28.4 Å². The summed E-state index contributed by atoms with van der Waals surface area (Å²) in [6, 6.07) is 10.8. The number of rotatable bonds is 10. The van der Waals surface area contributed by atoms with E-state index in [2.05, 4.69) is 13.8 Å². The highest BCUT2D eigenvalue weighted by atomic mass is 16.6. The van der Waals surface area contributed by atoms with Crippen LogP contribution in [0.1, 0.15) is 39.5 Å². The smallest absolute Gasteiger partial charge is 0.220 e. The molecule has 4 rings (SSSR count). The van der Waals surface area contributed by atoms with E-state index < -0.39 is 12.2 Å². The minimum absolute atomic E-state index is 0.112. The zero-order chi connectivity index (χ0) is 22.3. The number of carbonyl (C=O) groups excluding carboxylic acids is 1. The molecule has 7 nitrogen and oxygen atoms in total. The van der Waals surface area contributed by atoms with Crippen LogP contribution >= 0.6 is 0 Å². The first-order chi connectivity index (χ1) is 15.7. The lowest BCUT2D eigenvalue weighted by molar-refractivity contribution is -0.137. The third-order valence-corrected chi connectivity index (χ3v) is 5.32. The van der Waals surface area contributed by atoms with E-state index >= 15 is 0 Å². The molecule has 2 heterocycles. The van der Waals surface area contributed by atoms with Crippen LogP contribution in [0, 0.1) is 0 Å². The molecule has 0 radical (unpaired) electrons. The van der Waals surface area contributed by atoms with Gasteiger partial charge in [0.2, 0.25) is 5.78 Å². The molecule has 32 heavy (non-hydrogen) atoms. The number of hydrogen-bond donors (Lipinski definition) is 0. The summed E-state index contributed by atoms with van der Waals surface area (Å²) in [6.07, 6.45) is 2.59. The molecule has 2 aromatic rings. The molecule has 172 valence electrons. The molecule has 0 amide bonds. The van der Waals surface area contributed by atoms with Gasteiger partial charge in [-0.15, -0.1) is 0 Å². The second kappa shape index (κ2) is 10.5. The average Bonchev–Trinajstić information content (AvgIpc) is 2.83. The van der Waals surface area contributed by atoms with Crippen molar-refractivity contribution < 1.29 is 33.2 Å². The van der Waals surface area contributed by atoms with E-state index in [0.717, 1.165) is 37.2 Å².